The van der Waals surface area contributed by atoms with Gasteiger partial charge in [-0.3, -0.25) is 0 Å². The van der Waals surface area contributed by atoms with Crippen molar-refractivity contribution in [3.05, 3.63) is 0 Å². The highest BCUT2D eigenvalue weighted by molar-refractivity contribution is 4.78. The minimum absolute atomic E-state index is 0.0341. The summed E-state index contributed by atoms with van der Waals surface area (Å²) in [5.74, 6) is 0.650. The maximum Gasteiger partial charge on any atom is 0.0635 e. The molecular formula is C12H28O3. The Morgan fingerprint density at radius 3 is 1.40 bits per heavy atom. The standard InChI is InChI=1S/C8H18O2.C4H10O/c1-6(2)7(10)8(3,4)5-9;1-4(2)3-5/h6-7,9-10H,5H2,1-4H3;4-5H,3H2,1-2H3. The predicted molar refractivity (Wildman–Crippen MR) is 63.6 cm³/mol. The molecule has 0 heterocycles. The van der Waals surface area contributed by atoms with Gasteiger partial charge < -0.3 is 15.3 Å². The average molecular weight is 220 g/mol. The van der Waals surface area contributed by atoms with Gasteiger partial charge in [-0.15, -0.1) is 0 Å². The van der Waals surface area contributed by atoms with Gasteiger partial charge in [-0.25, -0.2) is 0 Å². The molecule has 0 aromatic heterocycles. The third kappa shape index (κ3) is 8.85. The highest BCUT2D eigenvalue weighted by Crippen LogP contribution is 2.24. The van der Waals surface area contributed by atoms with Gasteiger partial charge in [0, 0.05) is 12.0 Å². The molecule has 0 radical (unpaired) electrons. The van der Waals surface area contributed by atoms with Gasteiger partial charge in [-0.1, -0.05) is 41.5 Å². The molecule has 0 aliphatic carbocycles. The Labute approximate surface area is 94.1 Å². The van der Waals surface area contributed by atoms with Crippen LogP contribution >= 0.6 is 0 Å². The van der Waals surface area contributed by atoms with Crippen molar-refractivity contribution in [2.24, 2.45) is 17.3 Å². The van der Waals surface area contributed by atoms with Crippen LogP contribution in [0.2, 0.25) is 0 Å². The van der Waals surface area contributed by atoms with E-state index < -0.39 is 6.10 Å². The van der Waals surface area contributed by atoms with E-state index in [9.17, 15) is 5.11 Å². The summed E-state index contributed by atoms with van der Waals surface area (Å²) in [5, 5.41) is 26.5. The van der Waals surface area contributed by atoms with E-state index in [1.807, 2.05) is 41.5 Å². The Morgan fingerprint density at radius 1 is 1.00 bits per heavy atom. The number of aliphatic hydroxyl groups is 3. The molecule has 0 aliphatic heterocycles. The van der Waals surface area contributed by atoms with Crippen LogP contribution in [0.25, 0.3) is 0 Å². The second-order valence-electron chi connectivity index (χ2n) is 5.41. The predicted octanol–water partition coefficient (Wildman–Crippen LogP) is 1.66. The number of hydrogen-bond acceptors (Lipinski definition) is 3. The van der Waals surface area contributed by atoms with Crippen LogP contribution in [-0.4, -0.2) is 34.6 Å². The third-order valence-corrected chi connectivity index (χ3v) is 2.20. The van der Waals surface area contributed by atoms with Crippen LogP contribution in [0, 0.1) is 17.3 Å². The van der Waals surface area contributed by atoms with Gasteiger partial charge in [0.25, 0.3) is 0 Å². The van der Waals surface area contributed by atoms with E-state index in [1.165, 1.54) is 0 Å². The second kappa shape index (κ2) is 8.08. The maximum atomic E-state index is 9.49. The van der Waals surface area contributed by atoms with E-state index >= 15 is 0 Å². The first-order chi connectivity index (χ1) is 6.68. The minimum atomic E-state index is -0.419. The van der Waals surface area contributed by atoms with Crippen molar-refractivity contribution >= 4 is 0 Å². The van der Waals surface area contributed by atoms with Gasteiger partial charge >= 0.3 is 0 Å². The molecule has 0 spiro atoms. The van der Waals surface area contributed by atoms with Crippen LogP contribution in [0.15, 0.2) is 0 Å². The van der Waals surface area contributed by atoms with Gasteiger partial charge in [0.15, 0.2) is 0 Å². The summed E-state index contributed by atoms with van der Waals surface area (Å²) >= 11 is 0. The molecule has 1 unspecified atom stereocenters. The Morgan fingerprint density at radius 2 is 1.33 bits per heavy atom. The molecular weight excluding hydrogens is 192 g/mol. The molecule has 3 heteroatoms. The number of aliphatic hydroxyl groups excluding tert-OH is 3. The lowest BCUT2D eigenvalue weighted by molar-refractivity contribution is -0.0204. The lowest BCUT2D eigenvalue weighted by atomic mass is 9.82. The van der Waals surface area contributed by atoms with Gasteiger partial charge in [-0.05, 0) is 11.8 Å². The SMILES string of the molecule is CC(C)C(O)C(C)(C)CO.CC(C)CO. The maximum absolute atomic E-state index is 9.49. The number of hydrogen-bond donors (Lipinski definition) is 3. The van der Waals surface area contributed by atoms with Crippen LogP contribution in [0.1, 0.15) is 41.5 Å². The molecule has 0 amide bonds. The molecule has 3 nitrogen and oxygen atoms in total. The van der Waals surface area contributed by atoms with Gasteiger partial charge in [0.1, 0.15) is 0 Å². The van der Waals surface area contributed by atoms with Gasteiger partial charge in [0.2, 0.25) is 0 Å². The molecule has 0 saturated heterocycles. The van der Waals surface area contributed by atoms with E-state index in [4.69, 9.17) is 10.2 Å². The Bertz CT molecular complexity index is 142. The van der Waals surface area contributed by atoms with E-state index in [-0.39, 0.29) is 17.9 Å². The van der Waals surface area contributed by atoms with E-state index in [1.54, 1.807) is 0 Å². The Balaban J connectivity index is 0. The quantitative estimate of drug-likeness (QED) is 0.675. The molecule has 0 fully saturated rings. The van der Waals surface area contributed by atoms with Crippen LogP contribution in [-0.2, 0) is 0 Å². The summed E-state index contributed by atoms with van der Waals surface area (Å²) < 4.78 is 0. The van der Waals surface area contributed by atoms with Crippen molar-refractivity contribution in [3.63, 3.8) is 0 Å². The van der Waals surface area contributed by atoms with Crippen molar-refractivity contribution in [2.45, 2.75) is 47.6 Å². The third-order valence-electron chi connectivity index (χ3n) is 2.20. The fourth-order valence-electron chi connectivity index (χ4n) is 0.996. The van der Waals surface area contributed by atoms with Crippen LogP contribution in [0.5, 0.6) is 0 Å². The van der Waals surface area contributed by atoms with Crippen LogP contribution < -0.4 is 0 Å². The molecule has 0 aromatic rings. The summed E-state index contributed by atoms with van der Waals surface area (Å²) in [7, 11) is 0. The van der Waals surface area contributed by atoms with Gasteiger partial charge in [-0.2, -0.15) is 0 Å². The van der Waals surface area contributed by atoms with E-state index in [0.717, 1.165) is 0 Å². The molecule has 3 N–H and O–H groups in total. The molecule has 0 aromatic carbocycles. The molecule has 0 bridgehead atoms. The van der Waals surface area contributed by atoms with Crippen LogP contribution in [0.4, 0.5) is 0 Å². The summed E-state index contributed by atoms with van der Waals surface area (Å²) in [4.78, 5) is 0. The highest BCUT2D eigenvalue weighted by Gasteiger charge is 2.28. The zero-order chi connectivity index (χ0) is 12.6. The number of rotatable bonds is 4. The first-order valence-corrected chi connectivity index (χ1v) is 5.58. The van der Waals surface area contributed by atoms with Crippen molar-refractivity contribution in [1.29, 1.82) is 0 Å². The topological polar surface area (TPSA) is 60.7 Å². The van der Waals surface area contributed by atoms with Crippen LogP contribution in [0.3, 0.4) is 0 Å². The molecule has 0 rings (SSSR count). The summed E-state index contributed by atoms with van der Waals surface area (Å²) in [6, 6.07) is 0. The largest absolute Gasteiger partial charge is 0.396 e. The summed E-state index contributed by atoms with van der Waals surface area (Å²) in [6.07, 6.45) is -0.419. The second-order valence-corrected chi connectivity index (χ2v) is 5.41. The summed E-state index contributed by atoms with van der Waals surface area (Å²) in [5.41, 5.74) is -0.367. The monoisotopic (exact) mass is 220 g/mol. The lowest BCUT2D eigenvalue weighted by Gasteiger charge is -2.30. The molecule has 0 saturated carbocycles. The molecule has 94 valence electrons. The van der Waals surface area contributed by atoms with Crippen molar-refractivity contribution in [3.8, 4) is 0 Å². The normalized spacial score (nSPS) is 13.8. The first kappa shape index (κ1) is 17.3. The van der Waals surface area contributed by atoms with Gasteiger partial charge in [0.05, 0.1) is 12.7 Å². The highest BCUT2D eigenvalue weighted by atomic mass is 16.3. The van der Waals surface area contributed by atoms with Crippen molar-refractivity contribution < 1.29 is 15.3 Å². The fourth-order valence-corrected chi connectivity index (χ4v) is 0.996. The average Bonchev–Trinajstić information content (AvgIpc) is 2.17. The van der Waals surface area contributed by atoms with Crippen molar-refractivity contribution in [1.82, 2.24) is 0 Å². The zero-order valence-corrected chi connectivity index (χ0v) is 11.0. The van der Waals surface area contributed by atoms with Crippen molar-refractivity contribution in [2.75, 3.05) is 13.2 Å². The smallest absolute Gasteiger partial charge is 0.0635 e. The van der Waals surface area contributed by atoms with E-state index in [0.29, 0.717) is 12.5 Å². The molecule has 15 heavy (non-hydrogen) atoms. The molecule has 1 atom stereocenters. The van der Waals surface area contributed by atoms with E-state index in [2.05, 4.69) is 0 Å². The Kier molecular flexibility index (Phi) is 9.31. The first-order valence-electron chi connectivity index (χ1n) is 5.58. The Hall–Kier alpha value is -0.120. The minimum Gasteiger partial charge on any atom is -0.396 e. The molecule has 0 aliphatic rings. The fraction of sp³-hybridized carbons (Fsp3) is 1.00. The summed E-state index contributed by atoms with van der Waals surface area (Å²) in [6.45, 7) is 11.9. The zero-order valence-electron chi connectivity index (χ0n) is 11.0. The lowest BCUT2D eigenvalue weighted by Crippen LogP contribution is -2.36.